The third kappa shape index (κ3) is 7.22. The monoisotopic (exact) mass is 427 g/mol. The fourth-order valence-electron chi connectivity index (χ4n) is 3.56. The average Bonchev–Trinajstić information content (AvgIpc) is 2.77. The maximum Gasteiger partial charge on any atom is 0.191 e. The van der Waals surface area contributed by atoms with Crippen LogP contribution in [-0.2, 0) is 6.42 Å². The second-order valence-corrected chi connectivity index (χ2v) is 7.97. The van der Waals surface area contributed by atoms with Gasteiger partial charge in [-0.15, -0.1) is 0 Å². The standard InChI is InChI=1S/C24H34FN5O/c1-4-26-24(28-17-20-18-29(2)14-15-30(20)3)27-13-12-19-10-11-23(22(25)16-19)31-21-8-6-5-7-9-21/h5-11,16,20H,4,12-15,17-18H2,1-3H3,(H2,26,27,28). The molecule has 1 atom stereocenters. The van der Waals surface area contributed by atoms with Gasteiger partial charge in [-0.25, -0.2) is 4.39 Å². The summed E-state index contributed by atoms with van der Waals surface area (Å²) in [5.41, 5.74) is 0.912. The molecule has 0 spiro atoms. The summed E-state index contributed by atoms with van der Waals surface area (Å²) in [4.78, 5) is 9.48. The van der Waals surface area contributed by atoms with Crippen molar-refractivity contribution in [2.24, 2.45) is 4.99 Å². The number of hydrogen-bond acceptors (Lipinski definition) is 4. The molecule has 2 aromatic carbocycles. The molecule has 0 amide bonds. The summed E-state index contributed by atoms with van der Waals surface area (Å²) in [5, 5.41) is 6.66. The van der Waals surface area contributed by atoms with Crippen molar-refractivity contribution in [3.63, 3.8) is 0 Å². The van der Waals surface area contributed by atoms with Gasteiger partial charge in [0.15, 0.2) is 17.5 Å². The van der Waals surface area contributed by atoms with E-state index in [0.29, 0.717) is 24.8 Å². The maximum absolute atomic E-state index is 14.4. The van der Waals surface area contributed by atoms with Crippen LogP contribution in [0.2, 0.25) is 0 Å². The van der Waals surface area contributed by atoms with Crippen molar-refractivity contribution >= 4 is 5.96 Å². The van der Waals surface area contributed by atoms with E-state index in [2.05, 4.69) is 41.5 Å². The number of guanidine groups is 1. The lowest BCUT2D eigenvalue weighted by Gasteiger charge is -2.36. The van der Waals surface area contributed by atoms with Crippen LogP contribution in [0, 0.1) is 5.82 Å². The molecule has 7 heteroatoms. The lowest BCUT2D eigenvalue weighted by Crippen LogP contribution is -2.51. The van der Waals surface area contributed by atoms with Crippen molar-refractivity contribution in [1.29, 1.82) is 0 Å². The molecule has 2 N–H and O–H groups in total. The number of hydrogen-bond donors (Lipinski definition) is 2. The van der Waals surface area contributed by atoms with Crippen molar-refractivity contribution in [2.45, 2.75) is 19.4 Å². The Bertz CT molecular complexity index is 845. The van der Waals surface area contributed by atoms with Gasteiger partial charge in [-0.3, -0.25) is 9.89 Å². The molecule has 0 aromatic heterocycles. The smallest absolute Gasteiger partial charge is 0.191 e. The van der Waals surface area contributed by atoms with Crippen molar-refractivity contribution < 1.29 is 9.13 Å². The zero-order valence-electron chi connectivity index (χ0n) is 18.8. The van der Waals surface area contributed by atoms with Crippen molar-refractivity contribution in [1.82, 2.24) is 20.4 Å². The van der Waals surface area contributed by atoms with E-state index < -0.39 is 0 Å². The van der Waals surface area contributed by atoms with Crippen molar-refractivity contribution in [2.75, 3.05) is 53.4 Å². The summed E-state index contributed by atoms with van der Waals surface area (Å²) >= 11 is 0. The van der Waals surface area contributed by atoms with E-state index in [0.717, 1.165) is 44.2 Å². The Morgan fingerprint density at radius 3 is 2.68 bits per heavy atom. The lowest BCUT2D eigenvalue weighted by molar-refractivity contribution is 0.119. The molecule has 3 rings (SSSR count). The maximum atomic E-state index is 14.4. The number of ether oxygens (including phenoxy) is 1. The molecule has 1 fully saturated rings. The van der Waals surface area contributed by atoms with Gasteiger partial charge in [0, 0.05) is 38.8 Å². The zero-order chi connectivity index (χ0) is 22.1. The van der Waals surface area contributed by atoms with Crippen LogP contribution in [0.15, 0.2) is 53.5 Å². The van der Waals surface area contributed by atoms with E-state index in [1.54, 1.807) is 6.07 Å². The van der Waals surface area contributed by atoms with Gasteiger partial charge in [-0.05, 0) is 57.3 Å². The van der Waals surface area contributed by atoms with Gasteiger partial charge in [-0.2, -0.15) is 0 Å². The number of benzene rings is 2. The van der Waals surface area contributed by atoms with Gasteiger partial charge < -0.3 is 20.3 Å². The Hall–Kier alpha value is -2.64. The Kier molecular flexibility index (Phi) is 8.67. The first-order valence-corrected chi connectivity index (χ1v) is 11.0. The first-order chi connectivity index (χ1) is 15.0. The number of aliphatic imine (C=N–C) groups is 1. The SMILES string of the molecule is CCNC(=NCC1CN(C)CCN1C)NCCc1ccc(Oc2ccccc2)c(F)c1. The minimum atomic E-state index is -0.355. The van der Waals surface area contributed by atoms with Crippen LogP contribution in [0.3, 0.4) is 0 Å². The summed E-state index contributed by atoms with van der Waals surface area (Å²) in [7, 11) is 4.32. The molecule has 168 valence electrons. The Labute approximate surface area is 185 Å². The second-order valence-electron chi connectivity index (χ2n) is 7.97. The molecule has 0 saturated carbocycles. The summed E-state index contributed by atoms with van der Waals surface area (Å²) in [6.07, 6.45) is 0.693. The molecule has 0 radical (unpaired) electrons. The molecule has 1 aliphatic heterocycles. The highest BCUT2D eigenvalue weighted by molar-refractivity contribution is 5.79. The average molecular weight is 428 g/mol. The molecule has 0 bridgehead atoms. The normalized spacial score (nSPS) is 18.1. The van der Waals surface area contributed by atoms with E-state index in [4.69, 9.17) is 9.73 Å². The first-order valence-electron chi connectivity index (χ1n) is 11.0. The van der Waals surface area contributed by atoms with E-state index in [9.17, 15) is 4.39 Å². The Morgan fingerprint density at radius 1 is 1.13 bits per heavy atom. The van der Waals surface area contributed by atoms with E-state index in [1.807, 2.05) is 36.4 Å². The minimum Gasteiger partial charge on any atom is -0.454 e. The van der Waals surface area contributed by atoms with Crippen LogP contribution in [0.5, 0.6) is 11.5 Å². The van der Waals surface area contributed by atoms with Crippen LogP contribution in [0.4, 0.5) is 4.39 Å². The summed E-state index contributed by atoms with van der Waals surface area (Å²) in [6, 6.07) is 14.8. The molecule has 6 nitrogen and oxygen atoms in total. The fraction of sp³-hybridized carbons (Fsp3) is 0.458. The zero-order valence-corrected chi connectivity index (χ0v) is 18.8. The van der Waals surface area contributed by atoms with Gasteiger partial charge in [0.05, 0.1) is 6.54 Å². The predicted octanol–water partition coefficient (Wildman–Crippen LogP) is 2.96. The Balaban J connectivity index is 1.51. The quantitative estimate of drug-likeness (QED) is 0.501. The molecular formula is C24H34FN5O. The van der Waals surface area contributed by atoms with Crippen LogP contribution >= 0.6 is 0 Å². The van der Waals surface area contributed by atoms with Crippen LogP contribution in [0.25, 0.3) is 0 Å². The highest BCUT2D eigenvalue weighted by Crippen LogP contribution is 2.25. The molecule has 0 aliphatic carbocycles. The molecule has 31 heavy (non-hydrogen) atoms. The van der Waals surface area contributed by atoms with Crippen molar-refractivity contribution in [3.8, 4) is 11.5 Å². The number of nitrogens with one attached hydrogen (secondary N) is 2. The molecule has 2 aromatic rings. The molecule has 1 unspecified atom stereocenters. The van der Waals surface area contributed by atoms with E-state index in [1.165, 1.54) is 6.07 Å². The van der Waals surface area contributed by atoms with Crippen LogP contribution < -0.4 is 15.4 Å². The number of halogens is 1. The number of para-hydroxylation sites is 1. The number of nitrogens with zero attached hydrogens (tertiary/aromatic N) is 3. The second kappa shape index (κ2) is 11.7. The van der Waals surface area contributed by atoms with Gasteiger partial charge in [-0.1, -0.05) is 24.3 Å². The summed E-state index contributed by atoms with van der Waals surface area (Å²) < 4.78 is 20.1. The van der Waals surface area contributed by atoms with Gasteiger partial charge in [0.2, 0.25) is 0 Å². The summed E-state index contributed by atoms with van der Waals surface area (Å²) in [6.45, 7) is 7.46. The highest BCUT2D eigenvalue weighted by Gasteiger charge is 2.21. The number of likely N-dealkylation sites (N-methyl/N-ethyl adjacent to an activating group) is 2. The third-order valence-electron chi connectivity index (χ3n) is 5.46. The fourth-order valence-corrected chi connectivity index (χ4v) is 3.56. The number of piperazine rings is 1. The molecular weight excluding hydrogens is 393 g/mol. The van der Waals surface area contributed by atoms with E-state index >= 15 is 0 Å². The molecule has 1 aliphatic rings. The predicted molar refractivity (Wildman–Crippen MR) is 125 cm³/mol. The largest absolute Gasteiger partial charge is 0.454 e. The minimum absolute atomic E-state index is 0.236. The van der Waals surface area contributed by atoms with Crippen LogP contribution in [-0.4, -0.2) is 75.2 Å². The first kappa shape index (κ1) is 23.0. The van der Waals surface area contributed by atoms with Crippen molar-refractivity contribution in [3.05, 3.63) is 59.9 Å². The highest BCUT2D eigenvalue weighted by atomic mass is 19.1. The molecule has 1 saturated heterocycles. The number of rotatable bonds is 8. The summed E-state index contributed by atoms with van der Waals surface area (Å²) in [5.74, 6) is 1.30. The lowest BCUT2D eigenvalue weighted by atomic mass is 10.1. The molecule has 1 heterocycles. The van der Waals surface area contributed by atoms with Gasteiger partial charge in [0.1, 0.15) is 5.75 Å². The van der Waals surface area contributed by atoms with E-state index in [-0.39, 0.29) is 11.6 Å². The van der Waals surface area contributed by atoms with Gasteiger partial charge >= 0.3 is 0 Å². The topological polar surface area (TPSA) is 52.1 Å². The van der Waals surface area contributed by atoms with Crippen LogP contribution in [0.1, 0.15) is 12.5 Å². The third-order valence-corrected chi connectivity index (χ3v) is 5.46. The van der Waals surface area contributed by atoms with Gasteiger partial charge in [0.25, 0.3) is 0 Å². The Morgan fingerprint density at radius 2 is 1.94 bits per heavy atom.